The summed E-state index contributed by atoms with van der Waals surface area (Å²) in [5.41, 5.74) is -3.03. The van der Waals surface area contributed by atoms with Gasteiger partial charge in [-0.3, -0.25) is 0 Å². The fourth-order valence-corrected chi connectivity index (χ4v) is 2.04. The Hall–Kier alpha value is -0.870. The molecule has 0 unspecified atom stereocenters. The van der Waals surface area contributed by atoms with Crippen molar-refractivity contribution in [3.05, 3.63) is 28.2 Å². The van der Waals surface area contributed by atoms with Gasteiger partial charge in [0.1, 0.15) is 0 Å². The van der Waals surface area contributed by atoms with Crippen molar-refractivity contribution < 1.29 is 13.2 Å². The van der Waals surface area contributed by atoms with Gasteiger partial charge in [0.2, 0.25) is 0 Å². The molecule has 2 nitrogen and oxygen atoms in total. The Bertz CT molecular complexity index is 429. The fourth-order valence-electron chi connectivity index (χ4n) is 1.08. The van der Waals surface area contributed by atoms with Crippen LogP contribution in [0.5, 0.6) is 0 Å². The lowest BCUT2D eigenvalue weighted by Crippen LogP contribution is -2.09. The SMILES string of the molecule is N#Cc1ccc(NCCSC(F)(F)F)c(Br)c1. The van der Waals surface area contributed by atoms with Crippen LogP contribution in [0, 0.1) is 11.3 Å². The Morgan fingerprint density at radius 1 is 1.41 bits per heavy atom. The Kier molecular flexibility index (Phi) is 5.15. The van der Waals surface area contributed by atoms with E-state index >= 15 is 0 Å². The predicted molar refractivity (Wildman–Crippen MR) is 65.9 cm³/mol. The predicted octanol–water partition coefficient (Wildman–Crippen LogP) is 3.99. The largest absolute Gasteiger partial charge is 0.441 e. The van der Waals surface area contributed by atoms with Crippen LogP contribution in [0.4, 0.5) is 18.9 Å². The molecule has 0 fully saturated rings. The molecule has 0 amide bonds. The van der Waals surface area contributed by atoms with Crippen molar-refractivity contribution in [1.29, 1.82) is 5.26 Å². The van der Waals surface area contributed by atoms with E-state index in [9.17, 15) is 13.2 Å². The number of thioether (sulfide) groups is 1. The van der Waals surface area contributed by atoms with Crippen LogP contribution in [0.1, 0.15) is 5.56 Å². The van der Waals surface area contributed by atoms with Gasteiger partial charge in [0, 0.05) is 22.5 Å². The molecular formula is C10H8BrF3N2S. The van der Waals surface area contributed by atoms with E-state index in [4.69, 9.17) is 5.26 Å². The van der Waals surface area contributed by atoms with Gasteiger partial charge < -0.3 is 5.32 Å². The zero-order chi connectivity index (χ0) is 12.9. The third kappa shape index (κ3) is 5.33. The molecule has 1 N–H and O–H groups in total. The highest BCUT2D eigenvalue weighted by Crippen LogP contribution is 2.30. The first-order valence-electron chi connectivity index (χ1n) is 4.56. The van der Waals surface area contributed by atoms with Gasteiger partial charge in [-0.15, -0.1) is 0 Å². The zero-order valence-corrected chi connectivity index (χ0v) is 10.9. The van der Waals surface area contributed by atoms with Crippen molar-refractivity contribution in [2.24, 2.45) is 0 Å². The second kappa shape index (κ2) is 6.17. The molecule has 7 heteroatoms. The smallest absolute Gasteiger partial charge is 0.383 e. The van der Waals surface area contributed by atoms with E-state index in [0.29, 0.717) is 15.7 Å². The summed E-state index contributed by atoms with van der Waals surface area (Å²) in [5.74, 6) is -0.0596. The fraction of sp³-hybridized carbons (Fsp3) is 0.300. The third-order valence-corrected chi connectivity index (χ3v) is 3.17. The molecule has 0 aliphatic heterocycles. The maximum absolute atomic E-state index is 11.8. The Labute approximate surface area is 109 Å². The first-order valence-corrected chi connectivity index (χ1v) is 6.34. The molecule has 0 aromatic heterocycles. The van der Waals surface area contributed by atoms with E-state index in [0.717, 1.165) is 0 Å². The molecule has 0 saturated carbocycles. The van der Waals surface area contributed by atoms with E-state index in [-0.39, 0.29) is 24.1 Å². The maximum atomic E-state index is 11.8. The highest BCUT2D eigenvalue weighted by Gasteiger charge is 2.27. The minimum Gasteiger partial charge on any atom is -0.383 e. The lowest BCUT2D eigenvalue weighted by molar-refractivity contribution is -0.0327. The minimum absolute atomic E-state index is 0.0596. The summed E-state index contributed by atoms with van der Waals surface area (Å²) >= 11 is 3.17. The standard InChI is InChI=1S/C10H8BrF3N2S/c11-8-5-7(6-15)1-2-9(8)16-3-4-17-10(12,13)14/h1-2,5,16H,3-4H2. The van der Waals surface area contributed by atoms with Crippen molar-refractivity contribution in [1.82, 2.24) is 0 Å². The average molecular weight is 325 g/mol. The molecule has 0 spiro atoms. The second-order valence-corrected chi connectivity index (χ2v) is 5.04. The number of anilines is 1. The van der Waals surface area contributed by atoms with E-state index in [1.54, 1.807) is 18.2 Å². The lowest BCUT2D eigenvalue weighted by Gasteiger charge is -2.09. The molecule has 0 heterocycles. The Morgan fingerprint density at radius 3 is 2.65 bits per heavy atom. The van der Waals surface area contributed by atoms with Gasteiger partial charge in [-0.25, -0.2) is 0 Å². The summed E-state index contributed by atoms with van der Waals surface area (Å²) in [4.78, 5) is 0. The van der Waals surface area contributed by atoms with Gasteiger partial charge in [-0.2, -0.15) is 18.4 Å². The van der Waals surface area contributed by atoms with E-state index in [1.165, 1.54) is 0 Å². The highest BCUT2D eigenvalue weighted by molar-refractivity contribution is 9.10. The van der Waals surface area contributed by atoms with Gasteiger partial charge >= 0.3 is 5.51 Å². The molecule has 0 aliphatic carbocycles. The van der Waals surface area contributed by atoms with E-state index in [2.05, 4.69) is 21.2 Å². The first-order chi connectivity index (χ1) is 7.92. The molecule has 0 aliphatic rings. The van der Waals surface area contributed by atoms with Gasteiger partial charge in [0.25, 0.3) is 0 Å². The summed E-state index contributed by atoms with van der Waals surface area (Å²) in [6.07, 6.45) is 0. The van der Waals surface area contributed by atoms with Crippen LogP contribution in [0.25, 0.3) is 0 Å². The van der Waals surface area contributed by atoms with Crippen molar-refractivity contribution in [3.63, 3.8) is 0 Å². The summed E-state index contributed by atoms with van der Waals surface area (Å²) < 4.78 is 36.2. The topological polar surface area (TPSA) is 35.8 Å². The molecule has 1 aromatic rings. The number of nitriles is 1. The van der Waals surface area contributed by atoms with Gasteiger partial charge in [0.05, 0.1) is 11.6 Å². The lowest BCUT2D eigenvalue weighted by atomic mass is 10.2. The average Bonchev–Trinajstić information content (AvgIpc) is 2.24. The van der Waals surface area contributed by atoms with Crippen molar-refractivity contribution in [2.75, 3.05) is 17.6 Å². The van der Waals surface area contributed by atoms with E-state index < -0.39 is 5.51 Å². The second-order valence-electron chi connectivity index (χ2n) is 3.03. The number of alkyl halides is 3. The molecule has 1 aromatic carbocycles. The van der Waals surface area contributed by atoms with Crippen LogP contribution >= 0.6 is 27.7 Å². The number of halogens is 4. The summed E-state index contributed by atoms with van der Waals surface area (Å²) in [6, 6.07) is 6.84. The zero-order valence-electron chi connectivity index (χ0n) is 8.51. The number of hydrogen-bond acceptors (Lipinski definition) is 3. The van der Waals surface area contributed by atoms with Crippen molar-refractivity contribution in [3.8, 4) is 6.07 Å². The monoisotopic (exact) mass is 324 g/mol. The van der Waals surface area contributed by atoms with Crippen LogP contribution in [0.15, 0.2) is 22.7 Å². The quantitative estimate of drug-likeness (QED) is 0.851. The third-order valence-electron chi connectivity index (χ3n) is 1.78. The maximum Gasteiger partial charge on any atom is 0.441 e. The Morgan fingerprint density at radius 2 is 2.12 bits per heavy atom. The first kappa shape index (κ1) is 14.2. The molecule has 0 saturated heterocycles. The molecule has 0 atom stereocenters. The number of nitrogens with one attached hydrogen (secondary N) is 1. The minimum atomic E-state index is -4.19. The van der Waals surface area contributed by atoms with Crippen LogP contribution in [-0.2, 0) is 0 Å². The normalized spacial score (nSPS) is 11.0. The Balaban J connectivity index is 2.45. The molecule has 92 valence electrons. The summed E-state index contributed by atoms with van der Waals surface area (Å²) in [7, 11) is 0. The molecule has 0 radical (unpaired) electrons. The van der Waals surface area contributed by atoms with Gasteiger partial charge in [-0.05, 0) is 45.9 Å². The highest BCUT2D eigenvalue weighted by atomic mass is 79.9. The molecular weight excluding hydrogens is 317 g/mol. The number of nitrogens with zero attached hydrogens (tertiary/aromatic N) is 1. The number of rotatable bonds is 4. The van der Waals surface area contributed by atoms with Gasteiger partial charge in [-0.1, -0.05) is 0 Å². The van der Waals surface area contributed by atoms with Crippen LogP contribution in [-0.4, -0.2) is 17.8 Å². The number of benzene rings is 1. The molecule has 1 rings (SSSR count). The van der Waals surface area contributed by atoms with Crippen LogP contribution < -0.4 is 5.32 Å². The van der Waals surface area contributed by atoms with Crippen LogP contribution in [0.2, 0.25) is 0 Å². The van der Waals surface area contributed by atoms with E-state index in [1.807, 2.05) is 6.07 Å². The van der Waals surface area contributed by atoms with Crippen molar-refractivity contribution in [2.45, 2.75) is 5.51 Å². The van der Waals surface area contributed by atoms with Gasteiger partial charge in [0.15, 0.2) is 0 Å². The molecule has 0 bridgehead atoms. The summed E-state index contributed by atoms with van der Waals surface area (Å²) in [6.45, 7) is 0.203. The van der Waals surface area contributed by atoms with Crippen molar-refractivity contribution >= 4 is 33.4 Å². The summed E-state index contributed by atoms with van der Waals surface area (Å²) in [5, 5.41) is 11.5. The number of hydrogen-bond donors (Lipinski definition) is 1. The molecule has 17 heavy (non-hydrogen) atoms. The van der Waals surface area contributed by atoms with Crippen LogP contribution in [0.3, 0.4) is 0 Å².